The average molecular weight is 590 g/mol. The molecular weight excluding hydrogens is 549 g/mol. The van der Waals surface area contributed by atoms with Crippen LogP contribution < -0.4 is 4.74 Å². The van der Waals surface area contributed by atoms with Crippen LogP contribution in [-0.2, 0) is 5.41 Å². The number of thioether (sulfide) groups is 1. The van der Waals surface area contributed by atoms with Crippen molar-refractivity contribution >= 4 is 11.8 Å². The quantitative estimate of drug-likeness (QED) is 0.162. The number of hydrogen-bond acceptors (Lipinski definition) is 5. The Balaban J connectivity index is 1.39. The van der Waals surface area contributed by atoms with Gasteiger partial charge in [0.05, 0.1) is 6.61 Å². The molecule has 3 rings (SSSR count). The maximum atomic E-state index is 12.9. The second-order valence-electron chi connectivity index (χ2n) is 11.0. The van der Waals surface area contributed by atoms with E-state index in [1.807, 2.05) is 25.2 Å². The summed E-state index contributed by atoms with van der Waals surface area (Å²) in [5.74, 6) is -2.27. The van der Waals surface area contributed by atoms with Crippen LogP contribution in [0.4, 0.5) is 22.0 Å². The number of halogens is 5. The molecular formula is C30H40F5NO3S. The molecule has 0 fully saturated rings. The van der Waals surface area contributed by atoms with E-state index < -0.39 is 18.5 Å². The zero-order valence-electron chi connectivity index (χ0n) is 23.2. The highest BCUT2D eigenvalue weighted by Gasteiger charge is 2.56. The minimum Gasteiger partial charge on any atom is -0.508 e. The summed E-state index contributed by atoms with van der Waals surface area (Å²) < 4.78 is 68.6. The largest absolute Gasteiger partial charge is 0.508 e. The molecule has 0 saturated heterocycles. The summed E-state index contributed by atoms with van der Waals surface area (Å²) in [6.45, 7) is 4.44. The van der Waals surface area contributed by atoms with Crippen LogP contribution in [-0.4, -0.2) is 65.5 Å². The van der Waals surface area contributed by atoms with E-state index in [0.717, 1.165) is 62.1 Å². The molecule has 0 spiro atoms. The molecule has 0 aliphatic carbocycles. The third-order valence-corrected chi connectivity index (χ3v) is 8.91. The molecule has 4 nitrogen and oxygen atoms in total. The highest BCUT2D eigenvalue weighted by atomic mass is 32.2. The highest BCUT2D eigenvalue weighted by molar-refractivity contribution is 7.99. The molecule has 2 atom stereocenters. The number of ether oxygens (including phenoxy) is 1. The predicted octanol–water partition coefficient (Wildman–Crippen LogP) is 8.13. The molecule has 0 aromatic heterocycles. The lowest BCUT2D eigenvalue weighted by Gasteiger charge is -2.43. The highest BCUT2D eigenvalue weighted by Crippen LogP contribution is 2.49. The van der Waals surface area contributed by atoms with Gasteiger partial charge >= 0.3 is 12.1 Å². The standard InChI is InChI=1S/C30H40F5NO3S/c1-28(22-9-11-23(37)12-10-22)21-39-27-20-24(38)13-14-25(27)26(28)8-4-3-5-16-36(2)17-7-19-40-18-6-15-29(31,32)30(33,34)35/h9-14,20,26,37-38H,3-8,15-19,21H2,1-2H3. The summed E-state index contributed by atoms with van der Waals surface area (Å²) in [7, 11) is 2.04. The van der Waals surface area contributed by atoms with Crippen molar-refractivity contribution in [1.82, 2.24) is 4.90 Å². The van der Waals surface area contributed by atoms with Gasteiger partial charge in [0.1, 0.15) is 17.2 Å². The van der Waals surface area contributed by atoms with Crippen molar-refractivity contribution in [2.45, 2.75) is 75.3 Å². The molecule has 2 unspecified atom stereocenters. The zero-order chi connectivity index (χ0) is 29.4. The van der Waals surface area contributed by atoms with Crippen LogP contribution in [0.1, 0.15) is 68.9 Å². The van der Waals surface area contributed by atoms with Gasteiger partial charge in [-0.05, 0) is 86.7 Å². The van der Waals surface area contributed by atoms with Crippen LogP contribution in [0.2, 0.25) is 0 Å². The fourth-order valence-electron chi connectivity index (χ4n) is 5.30. The number of phenolic OH excluding ortho intramolecular Hbond substituents is 2. The van der Waals surface area contributed by atoms with E-state index in [0.29, 0.717) is 18.1 Å². The van der Waals surface area contributed by atoms with Crippen molar-refractivity contribution in [3.8, 4) is 17.2 Å². The zero-order valence-corrected chi connectivity index (χ0v) is 24.0. The molecule has 0 bridgehead atoms. The van der Waals surface area contributed by atoms with Gasteiger partial charge in [-0.2, -0.15) is 33.7 Å². The molecule has 1 aliphatic rings. The Morgan fingerprint density at radius 1 is 0.900 bits per heavy atom. The summed E-state index contributed by atoms with van der Waals surface area (Å²) in [6, 6.07) is 12.6. The molecule has 2 aromatic rings. The van der Waals surface area contributed by atoms with E-state index in [2.05, 4.69) is 11.8 Å². The first-order chi connectivity index (χ1) is 18.8. The number of nitrogens with zero attached hydrogens (tertiary/aromatic N) is 1. The Morgan fingerprint density at radius 3 is 2.25 bits per heavy atom. The number of unbranched alkanes of at least 4 members (excludes halogenated alkanes) is 2. The van der Waals surface area contributed by atoms with Crippen LogP contribution in [0.25, 0.3) is 0 Å². The van der Waals surface area contributed by atoms with E-state index in [9.17, 15) is 32.2 Å². The lowest BCUT2D eigenvalue weighted by atomic mass is 9.66. The number of alkyl halides is 5. The molecule has 10 heteroatoms. The molecule has 224 valence electrons. The van der Waals surface area contributed by atoms with Gasteiger partial charge in [-0.1, -0.05) is 38.0 Å². The number of phenols is 2. The van der Waals surface area contributed by atoms with Gasteiger partial charge in [-0.25, -0.2) is 0 Å². The maximum absolute atomic E-state index is 12.9. The van der Waals surface area contributed by atoms with Crippen molar-refractivity contribution in [2.75, 3.05) is 38.2 Å². The Bertz CT molecular complexity index is 1070. The molecule has 1 heterocycles. The molecule has 2 N–H and O–H groups in total. The van der Waals surface area contributed by atoms with Gasteiger partial charge in [0.25, 0.3) is 0 Å². The Labute approximate surface area is 237 Å². The molecule has 0 amide bonds. The van der Waals surface area contributed by atoms with Crippen molar-refractivity contribution in [3.05, 3.63) is 53.6 Å². The Hall–Kier alpha value is -2.20. The second-order valence-corrected chi connectivity index (χ2v) is 12.2. The van der Waals surface area contributed by atoms with Crippen molar-refractivity contribution in [1.29, 1.82) is 0 Å². The van der Waals surface area contributed by atoms with Gasteiger partial charge in [0, 0.05) is 23.8 Å². The molecule has 0 radical (unpaired) electrons. The maximum Gasteiger partial charge on any atom is 0.453 e. The van der Waals surface area contributed by atoms with Crippen molar-refractivity contribution in [2.24, 2.45) is 0 Å². The van der Waals surface area contributed by atoms with E-state index in [-0.39, 0.29) is 29.3 Å². The number of fused-ring (bicyclic) bond motifs is 1. The number of hydrogen-bond donors (Lipinski definition) is 2. The first-order valence-corrected chi connectivity index (χ1v) is 14.9. The number of rotatable bonds is 15. The molecule has 1 aliphatic heterocycles. The summed E-state index contributed by atoms with van der Waals surface area (Å²) >= 11 is 1.42. The minimum atomic E-state index is -5.47. The second kappa shape index (κ2) is 14.1. The lowest BCUT2D eigenvalue weighted by molar-refractivity contribution is -0.284. The van der Waals surface area contributed by atoms with E-state index in [1.54, 1.807) is 24.3 Å². The predicted molar refractivity (Wildman–Crippen MR) is 150 cm³/mol. The van der Waals surface area contributed by atoms with Gasteiger partial charge in [0.2, 0.25) is 0 Å². The summed E-state index contributed by atoms with van der Waals surface area (Å²) in [6.07, 6.45) is -1.88. The Kier molecular flexibility index (Phi) is 11.4. The first kappa shape index (κ1) is 32.3. The van der Waals surface area contributed by atoms with E-state index >= 15 is 0 Å². The summed E-state index contributed by atoms with van der Waals surface area (Å²) in [4.78, 5) is 2.23. The van der Waals surface area contributed by atoms with Crippen molar-refractivity contribution in [3.63, 3.8) is 0 Å². The smallest absolute Gasteiger partial charge is 0.453 e. The third-order valence-electron chi connectivity index (χ3n) is 7.75. The van der Waals surface area contributed by atoms with Crippen LogP contribution >= 0.6 is 11.8 Å². The topological polar surface area (TPSA) is 52.9 Å². The normalized spacial score (nSPS) is 19.4. The SMILES string of the molecule is CN(CCCCCC1c2ccc(O)cc2OCC1(C)c1ccc(O)cc1)CCCSCCCC(F)(F)C(F)(F)F. The van der Waals surface area contributed by atoms with Crippen molar-refractivity contribution < 1.29 is 36.9 Å². The molecule has 0 saturated carbocycles. The van der Waals surface area contributed by atoms with E-state index in [4.69, 9.17) is 4.74 Å². The van der Waals surface area contributed by atoms with Gasteiger partial charge in [-0.3, -0.25) is 0 Å². The summed E-state index contributed by atoms with van der Waals surface area (Å²) in [5, 5.41) is 19.7. The lowest BCUT2D eigenvalue weighted by Crippen LogP contribution is -2.40. The average Bonchev–Trinajstić information content (AvgIpc) is 2.88. The molecule has 2 aromatic carbocycles. The van der Waals surface area contributed by atoms with Gasteiger partial charge in [-0.15, -0.1) is 0 Å². The fraction of sp³-hybridized carbons (Fsp3) is 0.600. The Morgan fingerprint density at radius 2 is 1.55 bits per heavy atom. The summed E-state index contributed by atoms with van der Waals surface area (Å²) in [5.41, 5.74) is 1.89. The number of benzene rings is 2. The first-order valence-electron chi connectivity index (χ1n) is 13.8. The van der Waals surface area contributed by atoms with Crippen LogP contribution in [0, 0.1) is 0 Å². The van der Waals surface area contributed by atoms with Crippen LogP contribution in [0.3, 0.4) is 0 Å². The van der Waals surface area contributed by atoms with Gasteiger partial charge in [0.15, 0.2) is 0 Å². The number of aromatic hydroxyl groups is 2. The van der Waals surface area contributed by atoms with Gasteiger partial charge < -0.3 is 19.8 Å². The minimum absolute atomic E-state index is 0.155. The molecule has 40 heavy (non-hydrogen) atoms. The monoisotopic (exact) mass is 589 g/mol. The van der Waals surface area contributed by atoms with Crippen LogP contribution in [0.5, 0.6) is 17.2 Å². The third kappa shape index (κ3) is 8.65. The van der Waals surface area contributed by atoms with Crippen LogP contribution in [0.15, 0.2) is 42.5 Å². The fourth-order valence-corrected chi connectivity index (χ4v) is 6.19. The van der Waals surface area contributed by atoms with E-state index in [1.165, 1.54) is 11.8 Å².